The summed E-state index contributed by atoms with van der Waals surface area (Å²) in [7, 11) is 0. The Bertz CT molecular complexity index is 576. The number of hydrogen-bond acceptors (Lipinski definition) is 12. The molecule has 18 N–H and O–H groups in total. The van der Waals surface area contributed by atoms with E-state index in [2.05, 4.69) is 73.9 Å². The van der Waals surface area contributed by atoms with E-state index in [-0.39, 0.29) is 0 Å². The summed E-state index contributed by atoms with van der Waals surface area (Å²) in [6, 6.07) is 0. The van der Waals surface area contributed by atoms with Gasteiger partial charge in [-0.2, -0.15) is 0 Å². The van der Waals surface area contributed by atoms with Crippen LogP contribution in [0.25, 0.3) is 0 Å². The third-order valence-electron chi connectivity index (χ3n) is 1.72. The number of carboxylic acids is 6. The van der Waals surface area contributed by atoms with Crippen molar-refractivity contribution in [3.05, 3.63) is 75.9 Å². The highest BCUT2D eigenvalue weighted by atomic mass is 16.5. The highest BCUT2D eigenvalue weighted by molar-refractivity contribution is 6.25. The molecule has 0 bridgehead atoms. The Hall–Kier alpha value is -4.98. The van der Waals surface area contributed by atoms with Crippen LogP contribution < -0.4 is 65.0 Å². The van der Waals surface area contributed by atoms with E-state index >= 15 is 0 Å². The van der Waals surface area contributed by atoms with Crippen molar-refractivity contribution in [3.8, 4) is 0 Å². The molecule has 0 aliphatic heterocycles. The monoisotopic (exact) mass is 612 g/mol. The van der Waals surface area contributed by atoms with Crippen LogP contribution in [0.3, 0.4) is 0 Å². The van der Waals surface area contributed by atoms with Crippen LogP contribution in [0, 0.1) is 0 Å². The largest absolute Gasteiger partial charge is 0.543 e. The third-order valence-corrected chi connectivity index (χ3v) is 1.72. The number of rotatable bonds is 6. The number of hydrogen-bond donors (Lipinski definition) is 6. The molecule has 0 aromatic carbocycles. The lowest BCUT2D eigenvalue weighted by Gasteiger charge is -1.97. The number of quaternary nitrogens is 6. The molecular weight excluding hydrogens is 564 g/mol. The summed E-state index contributed by atoms with van der Waals surface area (Å²) >= 11 is 0. The van der Waals surface area contributed by atoms with Gasteiger partial charge >= 0.3 is 0 Å². The number of carbonyl (C=O) groups excluding carboxylic acids is 6. The van der Waals surface area contributed by atoms with Crippen molar-refractivity contribution in [1.82, 2.24) is 0 Å². The van der Waals surface area contributed by atoms with Gasteiger partial charge in [0.2, 0.25) is 0 Å². The topological polar surface area (TPSA) is 407 Å². The summed E-state index contributed by atoms with van der Waals surface area (Å²) in [6.45, 7) is 25.5. The fourth-order valence-corrected chi connectivity index (χ4v) is 0. The molecule has 0 fully saturated rings. The Kier molecular flexibility index (Phi) is 103. The van der Waals surface area contributed by atoms with Gasteiger partial charge in [0.15, 0.2) is 0 Å². The molecule has 0 heterocycles. The van der Waals surface area contributed by atoms with E-state index in [4.69, 9.17) is 59.4 Å². The minimum absolute atomic E-state index is 0.833. The van der Waals surface area contributed by atoms with Crippen molar-refractivity contribution < 1.29 is 93.8 Å². The second kappa shape index (κ2) is 70.6. The molecule has 0 atom stereocenters. The van der Waals surface area contributed by atoms with E-state index in [1.807, 2.05) is 0 Å². The summed E-state index contributed by atoms with van der Waals surface area (Å²) in [5.74, 6) is -13.1. The zero-order valence-corrected chi connectivity index (χ0v) is 24.1. The first kappa shape index (κ1) is 61.2. The minimum Gasteiger partial charge on any atom is -0.543 e. The van der Waals surface area contributed by atoms with Gasteiger partial charge in [0.25, 0.3) is 0 Å². The fraction of sp³-hybridized carbons (Fsp3) is 0.250. The maximum absolute atomic E-state index is 8.93. The van der Waals surface area contributed by atoms with Gasteiger partial charge in [0, 0.05) is 0 Å². The third kappa shape index (κ3) is 239. The summed E-state index contributed by atoms with van der Waals surface area (Å²) < 4.78 is 0. The van der Waals surface area contributed by atoms with Gasteiger partial charge in [-0.1, -0.05) is 39.5 Å². The minimum atomic E-state index is -2.19. The Morgan fingerprint density at radius 3 is 0.381 bits per heavy atom. The van der Waals surface area contributed by atoms with Gasteiger partial charge in [-0.15, -0.1) is 0 Å². The van der Waals surface area contributed by atoms with Crippen molar-refractivity contribution in [2.75, 3.05) is 39.3 Å². The highest BCUT2D eigenvalue weighted by Gasteiger charge is 1.76. The van der Waals surface area contributed by atoms with Crippen molar-refractivity contribution in [3.63, 3.8) is 0 Å². The second-order valence-electron chi connectivity index (χ2n) is 5.19. The molecule has 0 spiro atoms. The molecule has 0 radical (unpaired) electrons. The van der Waals surface area contributed by atoms with Crippen LogP contribution in [0.1, 0.15) is 0 Å². The predicted octanol–water partition coefficient (Wildman–Crippen LogP) is -14.1. The Balaban J connectivity index is -0.0000000420. The lowest BCUT2D eigenvalue weighted by atomic mass is 10.7. The maximum atomic E-state index is 8.93. The van der Waals surface area contributed by atoms with Crippen LogP contribution in [-0.2, 0) is 28.8 Å². The molecule has 0 unspecified atom stereocenters. The highest BCUT2D eigenvalue weighted by Crippen LogP contribution is 1.43. The van der Waals surface area contributed by atoms with Crippen molar-refractivity contribution in [2.24, 2.45) is 0 Å². The molecule has 0 aliphatic rings. The molecule has 0 aromatic heterocycles. The quantitative estimate of drug-likeness (QED) is 0.120. The molecule has 0 aliphatic carbocycles. The van der Waals surface area contributed by atoms with Gasteiger partial charge < -0.3 is 93.8 Å². The fourth-order valence-electron chi connectivity index (χ4n) is 0. The van der Waals surface area contributed by atoms with Crippen molar-refractivity contribution in [2.45, 2.75) is 0 Å². The molecule has 246 valence electrons. The van der Waals surface area contributed by atoms with Crippen molar-refractivity contribution in [1.29, 1.82) is 0 Å². The first-order valence-electron chi connectivity index (χ1n) is 11.1. The molecular formula is C24H48N6O12. The summed E-state index contributed by atoms with van der Waals surface area (Å²) in [5.41, 5.74) is 20.9. The number of carboxylic acid groups (broad SMARTS) is 6. The maximum Gasteiger partial charge on any atom is 0.0924 e. The molecule has 18 heteroatoms. The zero-order valence-electron chi connectivity index (χ0n) is 24.1. The van der Waals surface area contributed by atoms with E-state index < -0.39 is 35.8 Å². The van der Waals surface area contributed by atoms with E-state index in [1.54, 1.807) is 36.5 Å². The van der Waals surface area contributed by atoms with E-state index in [9.17, 15) is 0 Å². The van der Waals surface area contributed by atoms with Gasteiger partial charge in [-0.05, 0) is 36.5 Å². The average molecular weight is 613 g/mol. The number of carbonyl (C=O) groups is 6. The number of aliphatic carboxylic acids is 6. The first-order chi connectivity index (χ1) is 19.4. The summed E-state index contributed by atoms with van der Waals surface area (Å²) in [4.78, 5) is 53.6. The summed E-state index contributed by atoms with van der Waals surface area (Å²) in [5, 5.41) is 53.6. The van der Waals surface area contributed by atoms with Crippen LogP contribution in [0.2, 0.25) is 0 Å². The standard InChI is InChI=1S/6C3H7N.3C2H2O4/c6*1-2-3-4;3*3-1(4)2(5)6/h6*2H,1,3-4H2;3*(H,3,4)(H,5,6). The van der Waals surface area contributed by atoms with Gasteiger partial charge in [0.1, 0.15) is 0 Å². The van der Waals surface area contributed by atoms with Crippen LogP contribution >= 0.6 is 0 Å². The lowest BCUT2D eigenvalue weighted by molar-refractivity contribution is -0.353. The molecule has 18 nitrogen and oxygen atoms in total. The Morgan fingerprint density at radius 2 is 0.381 bits per heavy atom. The van der Waals surface area contributed by atoms with E-state index in [1.165, 1.54) is 0 Å². The molecule has 0 aromatic rings. The smallest absolute Gasteiger partial charge is 0.0924 e. The molecule has 0 amide bonds. The van der Waals surface area contributed by atoms with Crippen molar-refractivity contribution >= 4 is 35.8 Å². The SMILES string of the molecule is C=CC[NH3+].C=CC[NH3+].C=CC[NH3+].C=CC[NH3+].C=CC[NH3+].C=CC[NH3+].O=C([O-])C(=O)[O-].O=C([O-])C(=O)[O-].O=C([O-])C(=O)[O-]. The second-order valence-corrected chi connectivity index (χ2v) is 5.19. The van der Waals surface area contributed by atoms with Gasteiger partial charge in [-0.25, -0.2) is 0 Å². The van der Waals surface area contributed by atoms with Gasteiger partial charge in [0.05, 0.1) is 75.1 Å². The van der Waals surface area contributed by atoms with Crippen LogP contribution in [0.4, 0.5) is 0 Å². The Labute approximate surface area is 245 Å². The molecule has 0 saturated carbocycles. The molecule has 42 heavy (non-hydrogen) atoms. The normalized spacial score (nSPS) is 6.71. The van der Waals surface area contributed by atoms with Crippen LogP contribution in [0.5, 0.6) is 0 Å². The van der Waals surface area contributed by atoms with E-state index in [0.717, 1.165) is 39.3 Å². The molecule has 0 rings (SSSR count). The van der Waals surface area contributed by atoms with E-state index in [0.29, 0.717) is 0 Å². The lowest BCUT2D eigenvalue weighted by Crippen LogP contribution is -2.48. The van der Waals surface area contributed by atoms with Crippen LogP contribution in [0.15, 0.2) is 75.9 Å². The van der Waals surface area contributed by atoms with Crippen LogP contribution in [-0.4, -0.2) is 75.1 Å². The Morgan fingerprint density at radius 1 is 0.333 bits per heavy atom. The average Bonchev–Trinajstić information content (AvgIpc) is 2.98. The predicted molar refractivity (Wildman–Crippen MR) is 138 cm³/mol. The summed E-state index contributed by atoms with van der Waals surface area (Å²) in [6.07, 6.45) is 10.6. The zero-order chi connectivity index (χ0) is 35.9. The van der Waals surface area contributed by atoms with Gasteiger partial charge in [-0.3, -0.25) is 0 Å². The first-order valence-corrected chi connectivity index (χ1v) is 11.1. The molecule has 0 saturated heterocycles.